The highest BCUT2D eigenvalue weighted by Gasteiger charge is 2.28. The zero-order chi connectivity index (χ0) is 24.9. The van der Waals surface area contributed by atoms with Gasteiger partial charge in [-0.3, -0.25) is 9.59 Å². The van der Waals surface area contributed by atoms with Crippen LogP contribution >= 0.6 is 11.6 Å². The van der Waals surface area contributed by atoms with Crippen molar-refractivity contribution in [2.45, 2.75) is 18.8 Å². The number of carbonyl (C=O) groups is 2. The van der Waals surface area contributed by atoms with Gasteiger partial charge in [0.25, 0.3) is 5.91 Å². The van der Waals surface area contributed by atoms with Gasteiger partial charge in [0.2, 0.25) is 17.8 Å². The Morgan fingerprint density at radius 2 is 1.71 bits per heavy atom. The molecule has 0 radical (unpaired) electrons. The third kappa shape index (κ3) is 5.81. The highest BCUT2D eigenvalue weighted by Crippen LogP contribution is 2.24. The molecule has 4 rings (SSSR count). The number of aliphatic hydroxyl groups excluding tert-OH is 1. The summed E-state index contributed by atoms with van der Waals surface area (Å²) in [6.45, 7) is 0. The molecule has 7 nitrogen and oxygen atoms in total. The molecule has 0 saturated carbocycles. The minimum atomic E-state index is -2.28. The van der Waals surface area contributed by atoms with E-state index in [1.807, 2.05) is 30.3 Å². The van der Waals surface area contributed by atoms with E-state index in [4.69, 9.17) is 16.1 Å². The van der Waals surface area contributed by atoms with Crippen LogP contribution in [0.2, 0.25) is 5.02 Å². The highest BCUT2D eigenvalue weighted by molar-refractivity contribution is 6.30. The molecule has 0 fully saturated rings. The van der Waals surface area contributed by atoms with E-state index in [0.29, 0.717) is 10.6 Å². The van der Waals surface area contributed by atoms with Gasteiger partial charge in [0.05, 0.1) is 6.04 Å². The maximum atomic E-state index is 14.0. The van der Waals surface area contributed by atoms with Crippen LogP contribution in [0.5, 0.6) is 0 Å². The highest BCUT2D eigenvalue weighted by atomic mass is 35.5. The molecule has 1 atom stereocenters. The summed E-state index contributed by atoms with van der Waals surface area (Å²) in [5, 5.41) is 25.6. The van der Waals surface area contributed by atoms with E-state index in [2.05, 4.69) is 10.5 Å². The SMILES string of the molecule is O=C(N[C@H](Cc1ccc(-c2cccc(Cl)c2)cc1)C(=O)C(O)O)c1cc(-c2ccccc2F)no1. The molecule has 0 aliphatic carbocycles. The van der Waals surface area contributed by atoms with Crippen molar-refractivity contribution in [1.82, 2.24) is 10.5 Å². The average Bonchev–Trinajstić information content (AvgIpc) is 3.34. The molecule has 3 aromatic carbocycles. The number of hydrogen-bond donors (Lipinski definition) is 3. The number of aliphatic hydroxyl groups is 2. The summed E-state index contributed by atoms with van der Waals surface area (Å²) in [7, 11) is 0. The summed E-state index contributed by atoms with van der Waals surface area (Å²) in [4.78, 5) is 25.1. The van der Waals surface area contributed by atoms with E-state index in [1.54, 1.807) is 24.3 Å². The van der Waals surface area contributed by atoms with E-state index < -0.39 is 29.8 Å². The number of nitrogens with one attached hydrogen (secondary N) is 1. The Kier molecular flexibility index (Phi) is 7.36. The molecule has 0 unspecified atom stereocenters. The summed E-state index contributed by atoms with van der Waals surface area (Å²) in [5.74, 6) is -2.60. The van der Waals surface area contributed by atoms with Crippen molar-refractivity contribution < 1.29 is 28.7 Å². The zero-order valence-electron chi connectivity index (χ0n) is 18.2. The summed E-state index contributed by atoms with van der Waals surface area (Å²) >= 11 is 6.05. The number of amides is 1. The molecule has 1 heterocycles. The number of nitrogens with zero attached hydrogens (tertiary/aromatic N) is 1. The predicted octanol–water partition coefficient (Wildman–Crippen LogP) is 4.02. The Morgan fingerprint density at radius 1 is 0.971 bits per heavy atom. The van der Waals surface area contributed by atoms with Gasteiger partial charge in [-0.1, -0.05) is 65.3 Å². The van der Waals surface area contributed by atoms with Gasteiger partial charge < -0.3 is 20.1 Å². The lowest BCUT2D eigenvalue weighted by Gasteiger charge is -2.18. The summed E-state index contributed by atoms with van der Waals surface area (Å²) < 4.78 is 19.0. The van der Waals surface area contributed by atoms with Crippen LogP contribution in [0.1, 0.15) is 16.1 Å². The van der Waals surface area contributed by atoms with E-state index in [1.165, 1.54) is 24.3 Å². The van der Waals surface area contributed by atoms with Crippen LogP contribution in [0, 0.1) is 5.82 Å². The van der Waals surface area contributed by atoms with Gasteiger partial charge in [-0.05, 0) is 47.4 Å². The van der Waals surface area contributed by atoms with Crippen LogP contribution in [0.15, 0.2) is 83.4 Å². The van der Waals surface area contributed by atoms with Crippen LogP contribution < -0.4 is 5.32 Å². The Hall–Kier alpha value is -3.85. The fourth-order valence-corrected chi connectivity index (χ4v) is 3.74. The van der Waals surface area contributed by atoms with Gasteiger partial charge in [-0.2, -0.15) is 0 Å². The molecular formula is C26H20ClFN2O5. The van der Waals surface area contributed by atoms with Crippen molar-refractivity contribution in [2.75, 3.05) is 0 Å². The first-order valence-electron chi connectivity index (χ1n) is 10.6. The molecular weight excluding hydrogens is 475 g/mol. The van der Waals surface area contributed by atoms with Crippen LogP contribution in [0.25, 0.3) is 22.4 Å². The second-order valence-corrected chi connectivity index (χ2v) is 8.21. The Labute approximate surface area is 204 Å². The number of benzene rings is 3. The summed E-state index contributed by atoms with van der Waals surface area (Å²) in [5.41, 5.74) is 2.72. The first-order valence-corrected chi connectivity index (χ1v) is 11.0. The van der Waals surface area contributed by atoms with Gasteiger partial charge in [-0.25, -0.2) is 4.39 Å². The number of halogens is 2. The Bertz CT molecular complexity index is 1350. The van der Waals surface area contributed by atoms with E-state index >= 15 is 0 Å². The number of ketones is 1. The molecule has 0 spiro atoms. The van der Waals surface area contributed by atoms with Crippen molar-refractivity contribution in [3.05, 3.63) is 101 Å². The molecule has 0 bridgehead atoms. The second kappa shape index (κ2) is 10.6. The maximum Gasteiger partial charge on any atom is 0.290 e. The predicted molar refractivity (Wildman–Crippen MR) is 127 cm³/mol. The molecule has 4 aromatic rings. The van der Waals surface area contributed by atoms with Crippen LogP contribution in [0.4, 0.5) is 4.39 Å². The lowest BCUT2D eigenvalue weighted by atomic mass is 9.98. The van der Waals surface area contributed by atoms with E-state index in [9.17, 15) is 24.2 Å². The standard InChI is InChI=1S/C26H20ClFN2O5/c27-18-5-3-4-17(13-18)16-10-8-15(9-11-16)12-22(24(31)26(33)34)29-25(32)23-14-21(30-35-23)19-6-1-2-7-20(19)28/h1-11,13-14,22,26,33-34H,12H2,(H,29,32)/t22-/m1/s1. The Balaban J connectivity index is 1.51. The fraction of sp³-hybridized carbons (Fsp3) is 0.115. The number of hydrogen-bond acceptors (Lipinski definition) is 6. The minimum Gasteiger partial charge on any atom is -0.362 e. The molecule has 1 aromatic heterocycles. The Morgan fingerprint density at radius 3 is 2.40 bits per heavy atom. The molecule has 0 aliphatic rings. The second-order valence-electron chi connectivity index (χ2n) is 7.77. The quantitative estimate of drug-likeness (QED) is 0.319. The number of carbonyl (C=O) groups excluding carboxylic acids is 2. The topological polar surface area (TPSA) is 113 Å². The minimum absolute atomic E-state index is 0.00761. The average molecular weight is 495 g/mol. The fourth-order valence-electron chi connectivity index (χ4n) is 3.55. The van der Waals surface area contributed by atoms with E-state index in [0.717, 1.165) is 11.1 Å². The van der Waals surface area contributed by atoms with Crippen LogP contribution in [-0.4, -0.2) is 39.4 Å². The van der Waals surface area contributed by atoms with Crippen molar-refractivity contribution in [1.29, 1.82) is 0 Å². The monoisotopic (exact) mass is 494 g/mol. The normalized spacial score (nSPS) is 11.9. The molecule has 35 heavy (non-hydrogen) atoms. The molecule has 0 aliphatic heterocycles. The maximum absolute atomic E-state index is 14.0. The molecule has 9 heteroatoms. The zero-order valence-corrected chi connectivity index (χ0v) is 18.9. The summed E-state index contributed by atoms with van der Waals surface area (Å²) in [6.07, 6.45) is -2.29. The number of rotatable bonds is 8. The van der Waals surface area contributed by atoms with Crippen LogP contribution in [-0.2, 0) is 11.2 Å². The number of Topliss-reactive ketones (excluding diaryl/α,β-unsaturated/α-hetero) is 1. The van der Waals surface area contributed by atoms with Crippen LogP contribution in [0.3, 0.4) is 0 Å². The van der Waals surface area contributed by atoms with Crippen molar-refractivity contribution >= 4 is 23.3 Å². The molecule has 178 valence electrons. The van der Waals surface area contributed by atoms with E-state index in [-0.39, 0.29) is 23.4 Å². The van der Waals surface area contributed by atoms with Gasteiger partial charge in [0.1, 0.15) is 11.5 Å². The first-order chi connectivity index (χ1) is 16.8. The summed E-state index contributed by atoms with van der Waals surface area (Å²) in [6, 6.07) is 20.3. The molecule has 0 saturated heterocycles. The largest absolute Gasteiger partial charge is 0.362 e. The van der Waals surface area contributed by atoms with Gasteiger partial charge in [0, 0.05) is 16.7 Å². The molecule has 1 amide bonds. The van der Waals surface area contributed by atoms with Gasteiger partial charge in [0.15, 0.2) is 0 Å². The van der Waals surface area contributed by atoms with Crippen molar-refractivity contribution in [3.8, 4) is 22.4 Å². The lowest BCUT2D eigenvalue weighted by Crippen LogP contribution is -2.46. The molecule has 3 N–H and O–H groups in total. The van der Waals surface area contributed by atoms with Gasteiger partial charge >= 0.3 is 0 Å². The van der Waals surface area contributed by atoms with Crippen molar-refractivity contribution in [2.24, 2.45) is 0 Å². The van der Waals surface area contributed by atoms with Crippen molar-refractivity contribution in [3.63, 3.8) is 0 Å². The third-order valence-electron chi connectivity index (χ3n) is 5.34. The number of aromatic nitrogens is 1. The third-order valence-corrected chi connectivity index (χ3v) is 5.57. The van der Waals surface area contributed by atoms with Gasteiger partial charge in [-0.15, -0.1) is 0 Å². The first kappa shape index (κ1) is 24.3. The lowest BCUT2D eigenvalue weighted by molar-refractivity contribution is -0.146. The smallest absolute Gasteiger partial charge is 0.290 e.